The number of ether oxygens (including phenoxy) is 1. The summed E-state index contributed by atoms with van der Waals surface area (Å²) in [6, 6.07) is 1.12. The smallest absolute Gasteiger partial charge is 0.410 e. The number of hydrogen-bond donors (Lipinski definition) is 1. The van der Waals surface area contributed by atoms with E-state index >= 15 is 0 Å². The lowest BCUT2D eigenvalue weighted by Gasteiger charge is -2.37. The monoisotopic (exact) mass is 342 g/mol. The van der Waals surface area contributed by atoms with Gasteiger partial charge in [-0.15, -0.1) is 0 Å². The van der Waals surface area contributed by atoms with E-state index in [4.69, 9.17) is 4.74 Å². The Morgan fingerprint density at radius 3 is 2.65 bits per heavy atom. The second-order valence-corrected chi connectivity index (χ2v) is 9.29. The van der Waals surface area contributed by atoms with Gasteiger partial charge in [0, 0.05) is 30.4 Å². The Bertz CT molecular complexity index is 397. The fourth-order valence-corrected chi connectivity index (χ4v) is 4.52. The van der Waals surface area contributed by atoms with Crippen molar-refractivity contribution in [3.05, 3.63) is 0 Å². The Balaban J connectivity index is 1.82. The molecule has 0 aromatic carbocycles. The number of carbonyl (C=O) groups is 1. The van der Waals surface area contributed by atoms with Gasteiger partial charge in [0.25, 0.3) is 0 Å². The van der Waals surface area contributed by atoms with Crippen LogP contribution in [0.15, 0.2) is 0 Å². The van der Waals surface area contributed by atoms with Gasteiger partial charge >= 0.3 is 6.09 Å². The number of piperidine rings is 1. The van der Waals surface area contributed by atoms with Gasteiger partial charge in [0.05, 0.1) is 0 Å². The van der Waals surface area contributed by atoms with Gasteiger partial charge in [-0.05, 0) is 72.0 Å². The SMILES string of the molecule is CSC1CCC(NC(C)C2CCCN(C(=O)OC(C)(C)C)C2)C1. The van der Waals surface area contributed by atoms with Gasteiger partial charge in [0.2, 0.25) is 0 Å². The molecular weight excluding hydrogens is 308 g/mol. The fourth-order valence-electron chi connectivity index (χ4n) is 3.72. The molecule has 2 fully saturated rings. The zero-order chi connectivity index (χ0) is 17.0. The predicted octanol–water partition coefficient (Wildman–Crippen LogP) is 3.90. The van der Waals surface area contributed by atoms with E-state index in [2.05, 4.69) is 18.5 Å². The Labute approximate surface area is 146 Å². The molecule has 1 heterocycles. The second kappa shape index (κ2) is 8.11. The topological polar surface area (TPSA) is 41.6 Å². The number of carbonyl (C=O) groups excluding carboxylic acids is 1. The van der Waals surface area contributed by atoms with Gasteiger partial charge < -0.3 is 15.0 Å². The number of rotatable bonds is 4. The van der Waals surface area contributed by atoms with Crippen molar-refractivity contribution in [1.82, 2.24) is 10.2 Å². The van der Waals surface area contributed by atoms with Crippen molar-refractivity contribution in [2.75, 3.05) is 19.3 Å². The molecule has 2 rings (SSSR count). The lowest BCUT2D eigenvalue weighted by Crippen LogP contribution is -2.49. The van der Waals surface area contributed by atoms with Crippen molar-refractivity contribution in [3.63, 3.8) is 0 Å². The maximum Gasteiger partial charge on any atom is 0.410 e. The van der Waals surface area contributed by atoms with Crippen LogP contribution in [0.5, 0.6) is 0 Å². The van der Waals surface area contributed by atoms with Crippen molar-refractivity contribution in [2.45, 2.75) is 82.7 Å². The molecule has 1 N–H and O–H groups in total. The van der Waals surface area contributed by atoms with E-state index in [-0.39, 0.29) is 6.09 Å². The molecule has 1 saturated carbocycles. The summed E-state index contributed by atoms with van der Waals surface area (Å²) < 4.78 is 5.53. The lowest BCUT2D eigenvalue weighted by molar-refractivity contribution is 0.0146. The highest BCUT2D eigenvalue weighted by molar-refractivity contribution is 7.99. The number of thioether (sulfide) groups is 1. The van der Waals surface area contributed by atoms with Crippen LogP contribution in [0.3, 0.4) is 0 Å². The average Bonchev–Trinajstić information content (AvgIpc) is 2.93. The van der Waals surface area contributed by atoms with Crippen LogP contribution in [0.2, 0.25) is 0 Å². The first-order valence-electron chi connectivity index (χ1n) is 9.05. The molecule has 5 heteroatoms. The maximum absolute atomic E-state index is 12.3. The third-order valence-electron chi connectivity index (χ3n) is 5.03. The highest BCUT2D eigenvalue weighted by Crippen LogP contribution is 2.29. The molecule has 4 atom stereocenters. The predicted molar refractivity (Wildman–Crippen MR) is 98.1 cm³/mol. The van der Waals surface area contributed by atoms with Crippen LogP contribution in [-0.4, -0.2) is 53.3 Å². The molecular formula is C18H34N2O2S. The number of amides is 1. The quantitative estimate of drug-likeness (QED) is 0.841. The molecule has 1 saturated heterocycles. The summed E-state index contributed by atoms with van der Waals surface area (Å²) in [6.45, 7) is 9.73. The van der Waals surface area contributed by atoms with Crippen LogP contribution in [0.25, 0.3) is 0 Å². The molecule has 1 amide bonds. The van der Waals surface area contributed by atoms with E-state index < -0.39 is 5.60 Å². The first-order chi connectivity index (χ1) is 10.8. The van der Waals surface area contributed by atoms with E-state index in [1.165, 1.54) is 25.7 Å². The van der Waals surface area contributed by atoms with Crippen molar-refractivity contribution in [3.8, 4) is 0 Å². The Kier molecular flexibility index (Phi) is 6.66. The van der Waals surface area contributed by atoms with Gasteiger partial charge in [-0.3, -0.25) is 0 Å². The van der Waals surface area contributed by atoms with E-state index in [1.807, 2.05) is 37.4 Å². The van der Waals surface area contributed by atoms with Crippen molar-refractivity contribution in [1.29, 1.82) is 0 Å². The summed E-state index contributed by atoms with van der Waals surface area (Å²) >= 11 is 2.00. The standard InChI is InChI=1S/C18H34N2O2S/c1-13(19-15-8-9-16(11-15)23-5)14-7-6-10-20(12-14)17(21)22-18(2,3)4/h13-16,19H,6-12H2,1-5H3. The molecule has 1 aliphatic carbocycles. The van der Waals surface area contributed by atoms with Crippen LogP contribution >= 0.6 is 11.8 Å². The number of hydrogen-bond acceptors (Lipinski definition) is 4. The minimum Gasteiger partial charge on any atom is -0.444 e. The third kappa shape index (κ3) is 5.86. The minimum absolute atomic E-state index is 0.155. The first kappa shape index (κ1) is 18.9. The van der Waals surface area contributed by atoms with Gasteiger partial charge in [0.1, 0.15) is 5.60 Å². The molecule has 23 heavy (non-hydrogen) atoms. The molecule has 0 aromatic rings. The van der Waals surface area contributed by atoms with Crippen LogP contribution in [0, 0.1) is 5.92 Å². The summed E-state index contributed by atoms with van der Waals surface area (Å²) in [6.07, 6.45) is 8.25. The molecule has 4 unspecified atom stereocenters. The van der Waals surface area contributed by atoms with Crippen LogP contribution in [0.4, 0.5) is 4.79 Å². The highest BCUT2D eigenvalue weighted by Gasteiger charge is 2.32. The van der Waals surface area contributed by atoms with Crippen LogP contribution in [0.1, 0.15) is 59.8 Å². The largest absolute Gasteiger partial charge is 0.444 e. The fraction of sp³-hybridized carbons (Fsp3) is 0.944. The van der Waals surface area contributed by atoms with Crippen LogP contribution in [-0.2, 0) is 4.74 Å². The van der Waals surface area contributed by atoms with E-state index in [1.54, 1.807) is 0 Å². The summed E-state index contributed by atoms with van der Waals surface area (Å²) in [7, 11) is 0. The number of nitrogens with one attached hydrogen (secondary N) is 1. The van der Waals surface area contributed by atoms with Crippen molar-refractivity contribution >= 4 is 17.9 Å². The zero-order valence-electron chi connectivity index (χ0n) is 15.4. The second-order valence-electron chi connectivity index (χ2n) is 8.15. The van der Waals surface area contributed by atoms with Crippen LogP contribution < -0.4 is 5.32 Å². The van der Waals surface area contributed by atoms with Crippen molar-refractivity contribution in [2.24, 2.45) is 5.92 Å². The van der Waals surface area contributed by atoms with E-state index in [9.17, 15) is 4.79 Å². The zero-order valence-corrected chi connectivity index (χ0v) is 16.2. The molecule has 2 aliphatic rings. The third-order valence-corrected chi connectivity index (χ3v) is 6.13. The summed E-state index contributed by atoms with van der Waals surface area (Å²) in [5, 5.41) is 4.65. The first-order valence-corrected chi connectivity index (χ1v) is 10.3. The van der Waals surface area contributed by atoms with Crippen molar-refractivity contribution < 1.29 is 9.53 Å². The van der Waals surface area contributed by atoms with Gasteiger partial charge in [-0.25, -0.2) is 4.79 Å². The maximum atomic E-state index is 12.3. The summed E-state index contributed by atoms with van der Waals surface area (Å²) in [4.78, 5) is 14.2. The molecule has 0 bridgehead atoms. The normalized spacial score (nSPS) is 30.3. The van der Waals surface area contributed by atoms with E-state index in [0.29, 0.717) is 18.0 Å². The highest BCUT2D eigenvalue weighted by atomic mass is 32.2. The summed E-state index contributed by atoms with van der Waals surface area (Å²) in [5.41, 5.74) is -0.412. The average molecular weight is 343 g/mol. The van der Waals surface area contributed by atoms with Gasteiger partial charge in [-0.2, -0.15) is 11.8 Å². The number of likely N-dealkylation sites (tertiary alicyclic amines) is 1. The molecule has 0 radical (unpaired) electrons. The Morgan fingerprint density at radius 2 is 2.04 bits per heavy atom. The molecule has 0 spiro atoms. The Hall–Kier alpha value is -0.420. The summed E-state index contributed by atoms with van der Waals surface area (Å²) in [5.74, 6) is 0.532. The molecule has 0 aromatic heterocycles. The Morgan fingerprint density at radius 1 is 1.30 bits per heavy atom. The van der Waals surface area contributed by atoms with Gasteiger partial charge in [-0.1, -0.05) is 0 Å². The van der Waals surface area contributed by atoms with E-state index in [0.717, 1.165) is 24.8 Å². The van der Waals surface area contributed by atoms with Gasteiger partial charge in [0.15, 0.2) is 0 Å². The number of nitrogens with zero attached hydrogens (tertiary/aromatic N) is 1. The lowest BCUT2D eigenvalue weighted by atomic mass is 9.91. The molecule has 4 nitrogen and oxygen atoms in total. The molecule has 134 valence electrons. The minimum atomic E-state index is -0.412. The molecule has 1 aliphatic heterocycles.